The maximum absolute atomic E-state index is 2.29. The van der Waals surface area contributed by atoms with Gasteiger partial charge >= 0.3 is 0 Å². The summed E-state index contributed by atoms with van der Waals surface area (Å²) < 4.78 is 2.22. The lowest BCUT2D eigenvalue weighted by Gasteiger charge is -2.37. The highest BCUT2D eigenvalue weighted by Crippen LogP contribution is 2.04. The van der Waals surface area contributed by atoms with Gasteiger partial charge in [-0.25, -0.2) is 0 Å². The van der Waals surface area contributed by atoms with Crippen LogP contribution >= 0.6 is 0 Å². The van der Waals surface area contributed by atoms with Gasteiger partial charge in [-0.1, -0.05) is 0 Å². The van der Waals surface area contributed by atoms with Gasteiger partial charge in [-0.2, -0.15) is 0 Å². The van der Waals surface area contributed by atoms with E-state index in [1.807, 2.05) is 0 Å². The molecule has 2 heteroatoms. The first-order chi connectivity index (χ1) is 4.83. The molecule has 0 bridgehead atoms. The molecule has 0 aromatic heterocycles. The summed E-state index contributed by atoms with van der Waals surface area (Å²) in [6.07, 6.45) is 0. The van der Waals surface area contributed by atoms with Crippen LogP contribution in [0.5, 0.6) is 0 Å². The molecule has 0 N–H and O–H groups in total. The van der Waals surface area contributed by atoms with Crippen LogP contribution in [0.1, 0.15) is 13.8 Å². The summed E-state index contributed by atoms with van der Waals surface area (Å²) in [5.41, 5.74) is 0. The number of quaternary nitrogens is 2. The van der Waals surface area contributed by atoms with E-state index < -0.39 is 0 Å². The molecule has 0 aliphatic carbocycles. The maximum Gasteiger partial charge on any atom is 0.206 e. The van der Waals surface area contributed by atoms with Crippen molar-refractivity contribution in [3.05, 3.63) is 0 Å². The Kier molecular flexibility index (Phi) is 3.52. The zero-order chi connectivity index (χ0) is 9.12. The SMILES string of the molecule is CC[N+](C)(C)C[N+](C)(C)CC. The van der Waals surface area contributed by atoms with Gasteiger partial charge in [-0.05, 0) is 13.8 Å². The molecule has 0 spiro atoms. The molecule has 0 fully saturated rings. The van der Waals surface area contributed by atoms with Crippen molar-refractivity contribution in [2.24, 2.45) is 0 Å². The van der Waals surface area contributed by atoms with Gasteiger partial charge in [0.15, 0.2) is 0 Å². The van der Waals surface area contributed by atoms with Gasteiger partial charge in [0.2, 0.25) is 6.67 Å². The van der Waals surface area contributed by atoms with Gasteiger partial charge in [-0.15, -0.1) is 0 Å². The predicted molar refractivity (Wildman–Crippen MR) is 50.2 cm³/mol. The first-order valence-corrected chi connectivity index (χ1v) is 4.47. The van der Waals surface area contributed by atoms with Gasteiger partial charge in [-0.3, -0.25) is 8.97 Å². The Morgan fingerprint density at radius 3 is 1.18 bits per heavy atom. The van der Waals surface area contributed by atoms with Gasteiger partial charge in [0.05, 0.1) is 41.3 Å². The molecule has 0 unspecified atom stereocenters. The Bertz CT molecular complexity index is 103. The minimum atomic E-state index is 1.11. The topological polar surface area (TPSA) is 0 Å². The number of rotatable bonds is 4. The molecule has 0 aromatic carbocycles. The lowest BCUT2D eigenvalue weighted by atomic mass is 10.4. The first-order valence-electron chi connectivity index (χ1n) is 4.47. The summed E-state index contributed by atoms with van der Waals surface area (Å²) in [4.78, 5) is 0. The van der Waals surface area contributed by atoms with E-state index in [0.29, 0.717) is 0 Å². The van der Waals surface area contributed by atoms with Crippen molar-refractivity contribution in [3.63, 3.8) is 0 Å². The van der Waals surface area contributed by atoms with Gasteiger partial charge in [0.1, 0.15) is 0 Å². The normalized spacial score (nSPS) is 13.6. The zero-order valence-corrected chi connectivity index (χ0v) is 9.02. The third-order valence-corrected chi connectivity index (χ3v) is 2.48. The Hall–Kier alpha value is -0.0800. The van der Waals surface area contributed by atoms with Crippen LogP contribution in [0.2, 0.25) is 0 Å². The monoisotopic (exact) mass is 160 g/mol. The maximum atomic E-state index is 2.29. The Morgan fingerprint density at radius 1 is 0.727 bits per heavy atom. The highest BCUT2D eigenvalue weighted by molar-refractivity contribution is 4.21. The molecule has 0 rings (SSSR count). The smallest absolute Gasteiger partial charge is 0.206 e. The van der Waals surface area contributed by atoms with Crippen molar-refractivity contribution in [3.8, 4) is 0 Å². The summed E-state index contributed by atoms with van der Waals surface area (Å²) in [5, 5.41) is 0. The molecule has 0 radical (unpaired) electrons. The standard InChI is InChI=1S/C9H24N2/c1-7-10(3,4)9-11(5,6)8-2/h7-9H2,1-6H3/q+2. The average Bonchev–Trinajstić information content (AvgIpc) is 1.86. The molecule has 0 aromatic rings. The van der Waals surface area contributed by atoms with Crippen LogP contribution in [0.4, 0.5) is 0 Å². The van der Waals surface area contributed by atoms with Gasteiger partial charge in [0.25, 0.3) is 0 Å². The molecule has 0 saturated heterocycles. The molecule has 68 valence electrons. The summed E-state index contributed by atoms with van der Waals surface area (Å²) in [6.45, 7) is 8.13. The Balaban J connectivity index is 4.02. The minimum Gasteiger partial charge on any atom is -0.282 e. The third kappa shape index (κ3) is 4.38. The van der Waals surface area contributed by atoms with Crippen LogP contribution in [-0.4, -0.2) is 56.9 Å². The molecular formula is C9H24N2+2. The molecule has 0 aliphatic rings. The first kappa shape index (κ1) is 10.9. The van der Waals surface area contributed by atoms with Gasteiger partial charge < -0.3 is 0 Å². The van der Waals surface area contributed by atoms with Crippen molar-refractivity contribution in [2.75, 3.05) is 47.9 Å². The molecule has 0 amide bonds. The van der Waals surface area contributed by atoms with E-state index in [4.69, 9.17) is 0 Å². The summed E-state index contributed by atoms with van der Waals surface area (Å²) in [6, 6.07) is 0. The molecule has 2 nitrogen and oxygen atoms in total. The predicted octanol–water partition coefficient (Wildman–Crippen LogP) is 1.14. The van der Waals surface area contributed by atoms with E-state index >= 15 is 0 Å². The summed E-state index contributed by atoms with van der Waals surface area (Å²) >= 11 is 0. The molecule has 0 saturated carbocycles. The molecule has 0 aliphatic heterocycles. The van der Waals surface area contributed by atoms with Crippen molar-refractivity contribution >= 4 is 0 Å². The summed E-state index contributed by atoms with van der Waals surface area (Å²) in [5.74, 6) is 0. The van der Waals surface area contributed by atoms with Crippen molar-refractivity contribution in [1.82, 2.24) is 0 Å². The van der Waals surface area contributed by atoms with Crippen LogP contribution in [0.15, 0.2) is 0 Å². The quantitative estimate of drug-likeness (QED) is 0.427. The van der Waals surface area contributed by atoms with E-state index in [2.05, 4.69) is 42.0 Å². The molecular weight excluding hydrogens is 136 g/mol. The van der Waals surface area contributed by atoms with E-state index in [1.165, 1.54) is 19.8 Å². The third-order valence-electron chi connectivity index (χ3n) is 2.48. The largest absolute Gasteiger partial charge is 0.282 e. The van der Waals surface area contributed by atoms with Crippen LogP contribution in [0.25, 0.3) is 0 Å². The number of nitrogens with zero attached hydrogens (tertiary/aromatic N) is 2. The van der Waals surface area contributed by atoms with Gasteiger partial charge in [0, 0.05) is 0 Å². The fraction of sp³-hybridized carbons (Fsp3) is 1.00. The van der Waals surface area contributed by atoms with Crippen molar-refractivity contribution in [1.29, 1.82) is 0 Å². The second-order valence-corrected chi connectivity index (χ2v) is 4.65. The minimum absolute atomic E-state index is 1.11. The van der Waals surface area contributed by atoms with Crippen molar-refractivity contribution < 1.29 is 8.97 Å². The van der Waals surface area contributed by atoms with E-state index in [9.17, 15) is 0 Å². The van der Waals surface area contributed by atoms with Crippen LogP contribution in [-0.2, 0) is 0 Å². The molecule has 11 heavy (non-hydrogen) atoms. The fourth-order valence-corrected chi connectivity index (χ4v) is 1.24. The van der Waals surface area contributed by atoms with E-state index in [1.54, 1.807) is 0 Å². The second kappa shape index (κ2) is 3.55. The lowest BCUT2D eigenvalue weighted by Crippen LogP contribution is -2.55. The highest BCUT2D eigenvalue weighted by Gasteiger charge is 2.23. The van der Waals surface area contributed by atoms with Crippen LogP contribution in [0.3, 0.4) is 0 Å². The zero-order valence-electron chi connectivity index (χ0n) is 9.02. The summed E-state index contributed by atoms with van der Waals surface area (Å²) in [7, 11) is 9.15. The number of hydrogen-bond acceptors (Lipinski definition) is 0. The van der Waals surface area contributed by atoms with E-state index in [-0.39, 0.29) is 0 Å². The Morgan fingerprint density at radius 2 is 1.00 bits per heavy atom. The lowest BCUT2D eigenvalue weighted by molar-refractivity contribution is -1.07. The number of hydrogen-bond donors (Lipinski definition) is 0. The van der Waals surface area contributed by atoms with E-state index in [0.717, 1.165) is 8.97 Å². The van der Waals surface area contributed by atoms with Crippen LogP contribution < -0.4 is 0 Å². The highest BCUT2D eigenvalue weighted by atomic mass is 15.5. The average molecular weight is 160 g/mol. The molecule has 0 heterocycles. The Labute approximate surface area is 71.6 Å². The van der Waals surface area contributed by atoms with Crippen LogP contribution in [0, 0.1) is 0 Å². The second-order valence-electron chi connectivity index (χ2n) is 4.65. The van der Waals surface area contributed by atoms with Crippen molar-refractivity contribution in [2.45, 2.75) is 13.8 Å². The fourth-order valence-electron chi connectivity index (χ4n) is 1.24. The molecule has 0 atom stereocenters.